The van der Waals surface area contributed by atoms with Gasteiger partial charge in [0, 0.05) is 18.0 Å². The Balaban J connectivity index is 2.33. The van der Waals surface area contributed by atoms with E-state index in [4.69, 9.17) is 9.47 Å². The van der Waals surface area contributed by atoms with Crippen molar-refractivity contribution in [2.24, 2.45) is 0 Å². The Kier molecular flexibility index (Phi) is 6.17. The first-order valence-corrected chi connectivity index (χ1v) is 9.16. The molecule has 7 heteroatoms. The van der Waals surface area contributed by atoms with E-state index < -0.39 is 29.3 Å². The van der Waals surface area contributed by atoms with E-state index in [1.165, 1.54) is 4.57 Å². The highest BCUT2D eigenvalue weighted by Gasteiger charge is 2.29. The van der Waals surface area contributed by atoms with Crippen LogP contribution in [0, 0.1) is 0 Å². The third-order valence-corrected chi connectivity index (χ3v) is 3.74. The van der Waals surface area contributed by atoms with Gasteiger partial charge in [0.1, 0.15) is 17.2 Å². The smallest absolute Gasteiger partial charge is 0.408 e. The van der Waals surface area contributed by atoms with Crippen LogP contribution in [0.25, 0.3) is 10.9 Å². The highest BCUT2D eigenvalue weighted by Crippen LogP contribution is 2.22. The fourth-order valence-corrected chi connectivity index (χ4v) is 2.76. The van der Waals surface area contributed by atoms with Crippen molar-refractivity contribution < 1.29 is 23.9 Å². The molecule has 1 amide bonds. The number of carbonyl (C=O) groups excluding carboxylic acids is 3. The second kappa shape index (κ2) is 8.04. The van der Waals surface area contributed by atoms with Gasteiger partial charge >= 0.3 is 12.1 Å². The fraction of sp³-hybridized carbons (Fsp3) is 0.476. The normalized spacial score (nSPS) is 13.1. The lowest BCUT2D eigenvalue weighted by atomic mass is 10.0. The van der Waals surface area contributed by atoms with E-state index in [-0.39, 0.29) is 6.42 Å². The standard InChI is InChI=1S/C21H28N2O5/c1-20(2,3)27-18(25)16(22-19(26)28-21(4,5)6)11-14-12-23(13-24)17-10-8-7-9-15(14)17/h7-10,12-13,16H,11H2,1-6H3,(H,22,26)/t16-/m1/s1. The number of aromatic nitrogens is 1. The maximum Gasteiger partial charge on any atom is 0.408 e. The van der Waals surface area contributed by atoms with Crippen molar-refractivity contribution in [3.05, 3.63) is 36.0 Å². The van der Waals surface area contributed by atoms with Crippen LogP contribution in [0.4, 0.5) is 4.79 Å². The minimum absolute atomic E-state index is 0.162. The number of alkyl carbamates (subject to hydrolysis) is 1. The Morgan fingerprint density at radius 3 is 2.25 bits per heavy atom. The molecule has 1 aromatic heterocycles. The fourth-order valence-electron chi connectivity index (χ4n) is 2.76. The SMILES string of the molecule is CC(C)(C)OC(=O)N[C@H](Cc1cn(C=O)c2ccccc12)C(=O)OC(C)(C)C. The zero-order valence-corrected chi connectivity index (χ0v) is 17.2. The molecule has 152 valence electrons. The van der Waals surface area contributed by atoms with Crippen LogP contribution >= 0.6 is 0 Å². The summed E-state index contributed by atoms with van der Waals surface area (Å²) in [7, 11) is 0. The van der Waals surface area contributed by atoms with Gasteiger partial charge in [-0.25, -0.2) is 9.59 Å². The monoisotopic (exact) mass is 388 g/mol. The molecule has 2 aromatic rings. The molecule has 1 aromatic carbocycles. The molecule has 0 fully saturated rings. The molecule has 7 nitrogen and oxygen atoms in total. The molecule has 0 aliphatic heterocycles. The van der Waals surface area contributed by atoms with E-state index in [9.17, 15) is 14.4 Å². The summed E-state index contributed by atoms with van der Waals surface area (Å²) in [5.74, 6) is -0.568. The van der Waals surface area contributed by atoms with Crippen LogP contribution < -0.4 is 5.32 Å². The summed E-state index contributed by atoms with van der Waals surface area (Å²) in [6.45, 7) is 10.5. The van der Waals surface area contributed by atoms with Gasteiger partial charge < -0.3 is 14.8 Å². The summed E-state index contributed by atoms with van der Waals surface area (Å²) in [6, 6.07) is 6.41. The van der Waals surface area contributed by atoms with Gasteiger partial charge in [-0.1, -0.05) is 18.2 Å². The molecule has 0 aliphatic carbocycles. The lowest BCUT2D eigenvalue weighted by molar-refractivity contribution is -0.157. The van der Waals surface area contributed by atoms with Crippen molar-refractivity contribution in [3.63, 3.8) is 0 Å². The van der Waals surface area contributed by atoms with E-state index in [1.807, 2.05) is 24.3 Å². The van der Waals surface area contributed by atoms with Gasteiger partial charge in [0.25, 0.3) is 0 Å². The molecule has 1 atom stereocenters. The summed E-state index contributed by atoms with van der Waals surface area (Å²) in [4.78, 5) is 36.3. The molecule has 0 radical (unpaired) electrons. The Bertz CT molecular complexity index is 871. The summed E-state index contributed by atoms with van der Waals surface area (Å²) < 4.78 is 12.2. The van der Waals surface area contributed by atoms with Gasteiger partial charge in [0.15, 0.2) is 0 Å². The molecule has 0 saturated heterocycles. The lowest BCUT2D eigenvalue weighted by Gasteiger charge is -2.26. The number of amides is 1. The van der Waals surface area contributed by atoms with Gasteiger partial charge in [0.05, 0.1) is 5.52 Å². The van der Waals surface area contributed by atoms with Crippen molar-refractivity contribution in [2.75, 3.05) is 0 Å². The van der Waals surface area contributed by atoms with Gasteiger partial charge in [0.2, 0.25) is 6.41 Å². The van der Waals surface area contributed by atoms with Crippen LogP contribution in [-0.2, 0) is 25.5 Å². The number of hydrogen-bond donors (Lipinski definition) is 1. The minimum Gasteiger partial charge on any atom is -0.458 e. The van der Waals surface area contributed by atoms with E-state index in [0.717, 1.165) is 16.5 Å². The van der Waals surface area contributed by atoms with Crippen LogP contribution in [0.1, 0.15) is 47.1 Å². The van der Waals surface area contributed by atoms with Crippen molar-refractivity contribution in [1.82, 2.24) is 9.88 Å². The number of fused-ring (bicyclic) bond motifs is 1. The zero-order chi connectivity index (χ0) is 21.1. The molecule has 0 aliphatic rings. The molecule has 0 bridgehead atoms. The van der Waals surface area contributed by atoms with Crippen molar-refractivity contribution in [1.29, 1.82) is 0 Å². The lowest BCUT2D eigenvalue weighted by Crippen LogP contribution is -2.47. The largest absolute Gasteiger partial charge is 0.458 e. The van der Waals surface area contributed by atoms with Crippen LogP contribution in [0.3, 0.4) is 0 Å². The number of para-hydroxylation sites is 1. The molecule has 0 spiro atoms. The number of ether oxygens (including phenoxy) is 2. The molecule has 0 unspecified atom stereocenters. The molecular formula is C21H28N2O5. The van der Waals surface area contributed by atoms with E-state index >= 15 is 0 Å². The van der Waals surface area contributed by atoms with Crippen LogP contribution in [0.15, 0.2) is 30.5 Å². The maximum absolute atomic E-state index is 12.7. The highest BCUT2D eigenvalue weighted by atomic mass is 16.6. The van der Waals surface area contributed by atoms with Crippen molar-refractivity contribution in [2.45, 2.75) is 65.2 Å². The summed E-state index contributed by atoms with van der Waals surface area (Å²) in [5, 5.41) is 3.43. The number of nitrogens with zero attached hydrogens (tertiary/aromatic N) is 1. The molecule has 1 N–H and O–H groups in total. The topological polar surface area (TPSA) is 86.6 Å². The predicted molar refractivity (Wildman–Crippen MR) is 107 cm³/mol. The van der Waals surface area contributed by atoms with Crippen molar-refractivity contribution >= 4 is 29.4 Å². The van der Waals surface area contributed by atoms with Crippen LogP contribution in [0.2, 0.25) is 0 Å². The third-order valence-electron chi connectivity index (χ3n) is 3.74. The molecule has 2 rings (SSSR count). The average molecular weight is 388 g/mol. The van der Waals surface area contributed by atoms with Crippen molar-refractivity contribution in [3.8, 4) is 0 Å². The Morgan fingerprint density at radius 2 is 1.68 bits per heavy atom. The third kappa shape index (κ3) is 5.84. The van der Waals surface area contributed by atoms with Gasteiger partial charge in [-0.05, 0) is 53.2 Å². The van der Waals surface area contributed by atoms with Gasteiger partial charge in [-0.2, -0.15) is 0 Å². The number of nitrogens with one attached hydrogen (secondary N) is 1. The Labute approximate surface area is 165 Å². The van der Waals surface area contributed by atoms with E-state index in [2.05, 4.69) is 5.32 Å². The number of hydrogen-bond acceptors (Lipinski definition) is 5. The predicted octanol–water partition coefficient (Wildman–Crippen LogP) is 3.46. The number of rotatable bonds is 5. The summed E-state index contributed by atoms with van der Waals surface area (Å²) in [6.07, 6.45) is 1.82. The van der Waals surface area contributed by atoms with E-state index in [0.29, 0.717) is 6.41 Å². The summed E-state index contributed by atoms with van der Waals surface area (Å²) in [5.41, 5.74) is 0.0695. The molecule has 0 saturated carbocycles. The average Bonchev–Trinajstić information content (AvgIpc) is 2.89. The minimum atomic E-state index is -0.958. The first-order valence-electron chi connectivity index (χ1n) is 9.16. The first-order chi connectivity index (χ1) is 12.9. The number of benzene rings is 1. The number of carbonyl (C=O) groups is 3. The quantitative estimate of drug-likeness (QED) is 0.626. The molecule has 28 heavy (non-hydrogen) atoms. The second-order valence-corrected chi connectivity index (χ2v) is 8.62. The number of esters is 1. The highest BCUT2D eigenvalue weighted by molar-refractivity contribution is 5.90. The molecular weight excluding hydrogens is 360 g/mol. The first kappa shape index (κ1) is 21.5. The second-order valence-electron chi connectivity index (χ2n) is 8.62. The zero-order valence-electron chi connectivity index (χ0n) is 17.2. The Morgan fingerprint density at radius 1 is 1.07 bits per heavy atom. The molecule has 1 heterocycles. The van der Waals surface area contributed by atoms with Gasteiger partial charge in [-0.3, -0.25) is 9.36 Å². The van der Waals surface area contributed by atoms with Crippen LogP contribution in [0.5, 0.6) is 0 Å². The van der Waals surface area contributed by atoms with E-state index in [1.54, 1.807) is 47.7 Å². The maximum atomic E-state index is 12.7. The Hall–Kier alpha value is -2.83. The van der Waals surface area contributed by atoms with Gasteiger partial charge in [-0.15, -0.1) is 0 Å². The van der Waals surface area contributed by atoms with Crippen LogP contribution in [-0.4, -0.2) is 40.3 Å². The summed E-state index contributed by atoms with van der Waals surface area (Å²) >= 11 is 0.